The Kier molecular flexibility index (Phi) is 7.10. The molecule has 1 amide bonds. The van der Waals surface area contributed by atoms with Gasteiger partial charge in [0.1, 0.15) is 6.61 Å². The first-order valence-electron chi connectivity index (χ1n) is 10.4. The second-order valence-electron chi connectivity index (χ2n) is 7.42. The van der Waals surface area contributed by atoms with E-state index in [4.69, 9.17) is 10.6 Å². The molecule has 0 aliphatic carbocycles. The Bertz CT molecular complexity index is 1050. The van der Waals surface area contributed by atoms with Crippen molar-refractivity contribution in [3.05, 3.63) is 60.2 Å². The predicted octanol–water partition coefficient (Wildman–Crippen LogP) is 3.43. The van der Waals surface area contributed by atoms with Gasteiger partial charge in [0.2, 0.25) is 11.1 Å². The van der Waals surface area contributed by atoms with E-state index in [1.807, 2.05) is 24.3 Å². The maximum absolute atomic E-state index is 13.7. The summed E-state index contributed by atoms with van der Waals surface area (Å²) in [5.74, 6) is 5.91. The van der Waals surface area contributed by atoms with Crippen molar-refractivity contribution in [2.75, 3.05) is 34.9 Å². The molecule has 0 bridgehead atoms. The summed E-state index contributed by atoms with van der Waals surface area (Å²) in [4.78, 5) is 14.7. The van der Waals surface area contributed by atoms with Gasteiger partial charge in [-0.05, 0) is 55.7 Å². The number of nitrogens with two attached hydrogens (primary N) is 1. The van der Waals surface area contributed by atoms with Crippen LogP contribution in [-0.4, -0.2) is 39.6 Å². The number of para-hydroxylation sites is 1. The van der Waals surface area contributed by atoms with E-state index in [0.29, 0.717) is 11.0 Å². The number of ether oxygens (including phenoxy) is 1. The monoisotopic (exact) mass is 456 g/mol. The van der Waals surface area contributed by atoms with Crippen LogP contribution in [0.5, 0.6) is 5.75 Å². The zero-order valence-corrected chi connectivity index (χ0v) is 18.4. The van der Waals surface area contributed by atoms with Crippen LogP contribution in [-0.2, 0) is 11.4 Å². The highest BCUT2D eigenvalue weighted by molar-refractivity contribution is 7.99. The minimum atomic E-state index is -0.467. The van der Waals surface area contributed by atoms with E-state index in [0.717, 1.165) is 30.5 Å². The van der Waals surface area contributed by atoms with E-state index >= 15 is 0 Å². The van der Waals surface area contributed by atoms with Crippen LogP contribution in [0.1, 0.15) is 25.1 Å². The predicted molar refractivity (Wildman–Crippen MR) is 123 cm³/mol. The Morgan fingerprint density at radius 3 is 2.59 bits per heavy atom. The Balaban J connectivity index is 1.26. The summed E-state index contributed by atoms with van der Waals surface area (Å²) < 4.78 is 20.3. The van der Waals surface area contributed by atoms with E-state index in [2.05, 4.69) is 20.4 Å². The number of hydrogen-bond acceptors (Lipinski definition) is 7. The lowest BCUT2D eigenvalue weighted by molar-refractivity contribution is -0.113. The molecule has 1 fully saturated rings. The third kappa shape index (κ3) is 5.50. The van der Waals surface area contributed by atoms with Crippen molar-refractivity contribution in [3.63, 3.8) is 0 Å². The molecule has 1 saturated heterocycles. The van der Waals surface area contributed by atoms with Crippen molar-refractivity contribution < 1.29 is 13.9 Å². The average molecular weight is 457 g/mol. The van der Waals surface area contributed by atoms with E-state index in [1.165, 1.54) is 41.8 Å². The lowest BCUT2D eigenvalue weighted by atomic mass is 10.1. The molecule has 0 saturated carbocycles. The molecule has 1 aliphatic rings. The topological polar surface area (TPSA) is 98.3 Å². The van der Waals surface area contributed by atoms with E-state index in [1.54, 1.807) is 12.1 Å². The third-order valence-corrected chi connectivity index (χ3v) is 6.08. The molecule has 3 aromatic rings. The number of anilines is 2. The molecule has 8 nitrogen and oxygen atoms in total. The van der Waals surface area contributed by atoms with Crippen LogP contribution in [0.25, 0.3) is 0 Å². The first-order valence-corrected chi connectivity index (χ1v) is 11.4. The fourth-order valence-electron chi connectivity index (χ4n) is 3.44. The van der Waals surface area contributed by atoms with Crippen LogP contribution in [0, 0.1) is 5.82 Å². The molecule has 1 aliphatic heterocycles. The van der Waals surface area contributed by atoms with Crippen molar-refractivity contribution in [2.24, 2.45) is 0 Å². The van der Waals surface area contributed by atoms with E-state index in [9.17, 15) is 9.18 Å². The smallest absolute Gasteiger partial charge is 0.234 e. The van der Waals surface area contributed by atoms with Gasteiger partial charge in [0.15, 0.2) is 17.4 Å². The lowest BCUT2D eigenvalue weighted by Crippen LogP contribution is -2.29. The summed E-state index contributed by atoms with van der Waals surface area (Å²) in [6.07, 6.45) is 3.73. The van der Waals surface area contributed by atoms with Crippen molar-refractivity contribution in [2.45, 2.75) is 31.0 Å². The molecule has 0 spiro atoms. The molecular weight excluding hydrogens is 431 g/mol. The van der Waals surface area contributed by atoms with Gasteiger partial charge in [-0.15, -0.1) is 10.2 Å². The summed E-state index contributed by atoms with van der Waals surface area (Å²) in [5.41, 5.74) is 1.92. The highest BCUT2D eigenvalue weighted by Crippen LogP contribution is 2.23. The number of rotatable bonds is 8. The van der Waals surface area contributed by atoms with Gasteiger partial charge in [-0.3, -0.25) is 4.79 Å². The lowest BCUT2D eigenvalue weighted by Gasteiger charge is -2.28. The Morgan fingerprint density at radius 2 is 1.84 bits per heavy atom. The summed E-state index contributed by atoms with van der Waals surface area (Å²) >= 11 is 1.16. The molecule has 2 aromatic carbocycles. The summed E-state index contributed by atoms with van der Waals surface area (Å²) in [6.45, 7) is 2.12. The van der Waals surface area contributed by atoms with Crippen LogP contribution < -0.4 is 20.8 Å². The normalized spacial score (nSPS) is 13.7. The first-order chi connectivity index (χ1) is 15.6. The summed E-state index contributed by atoms with van der Waals surface area (Å²) in [5, 5.41) is 11.2. The zero-order chi connectivity index (χ0) is 22.3. The molecule has 32 heavy (non-hydrogen) atoms. The molecule has 3 N–H and O–H groups in total. The fraction of sp³-hybridized carbons (Fsp3) is 0.318. The van der Waals surface area contributed by atoms with Crippen LogP contribution in [0.4, 0.5) is 15.8 Å². The Hall–Kier alpha value is -3.27. The van der Waals surface area contributed by atoms with Gasteiger partial charge in [0, 0.05) is 24.5 Å². The maximum Gasteiger partial charge on any atom is 0.234 e. The van der Waals surface area contributed by atoms with Gasteiger partial charge in [0.05, 0.1) is 5.75 Å². The SMILES string of the molecule is Nn1c(COc2ccccc2F)nnc1SCC(=O)Nc1ccc(N2CCCCC2)cc1. The molecule has 0 atom stereocenters. The molecule has 4 rings (SSSR count). The molecule has 0 unspecified atom stereocenters. The molecule has 2 heterocycles. The Labute approximate surface area is 189 Å². The standard InChI is InChI=1S/C22H25FN6O2S/c23-18-6-2-3-7-19(18)31-14-20-26-27-22(29(20)24)32-15-21(30)25-16-8-10-17(11-9-16)28-12-4-1-5-13-28/h2-3,6-11H,1,4-5,12-15,24H2,(H,25,30). The number of aromatic nitrogens is 3. The number of nitrogen functional groups attached to an aromatic ring is 1. The van der Waals surface area contributed by atoms with Crippen LogP contribution in [0.15, 0.2) is 53.7 Å². The van der Waals surface area contributed by atoms with E-state index < -0.39 is 5.82 Å². The van der Waals surface area contributed by atoms with Gasteiger partial charge in [-0.2, -0.15) is 0 Å². The zero-order valence-electron chi connectivity index (χ0n) is 17.5. The number of benzene rings is 2. The highest BCUT2D eigenvalue weighted by Gasteiger charge is 2.14. The van der Waals surface area contributed by atoms with Crippen molar-refractivity contribution in [1.82, 2.24) is 14.9 Å². The minimum Gasteiger partial charge on any atom is -0.482 e. The van der Waals surface area contributed by atoms with Gasteiger partial charge in [-0.25, -0.2) is 9.07 Å². The largest absolute Gasteiger partial charge is 0.482 e. The number of amides is 1. The van der Waals surface area contributed by atoms with Crippen molar-refractivity contribution in [1.29, 1.82) is 0 Å². The third-order valence-electron chi connectivity index (χ3n) is 5.13. The second-order valence-corrected chi connectivity index (χ2v) is 8.36. The first kappa shape index (κ1) is 21.9. The molecule has 10 heteroatoms. The highest BCUT2D eigenvalue weighted by atomic mass is 32.2. The molecular formula is C22H25FN6O2S. The average Bonchev–Trinajstić information content (AvgIpc) is 3.17. The quantitative estimate of drug-likeness (QED) is 0.396. The second kappa shape index (κ2) is 10.4. The number of nitrogens with one attached hydrogen (secondary N) is 1. The van der Waals surface area contributed by atoms with Gasteiger partial charge in [0.25, 0.3) is 0 Å². The number of carbonyl (C=O) groups excluding carboxylic acids is 1. The van der Waals surface area contributed by atoms with Crippen molar-refractivity contribution in [3.8, 4) is 5.75 Å². The number of carbonyl (C=O) groups is 1. The Morgan fingerprint density at radius 1 is 1.09 bits per heavy atom. The number of nitrogens with zero attached hydrogens (tertiary/aromatic N) is 4. The minimum absolute atomic E-state index is 0.0411. The molecule has 168 valence electrons. The number of halogens is 1. The van der Waals surface area contributed by atoms with Crippen molar-refractivity contribution >= 4 is 29.0 Å². The molecule has 0 radical (unpaired) electrons. The van der Waals surface area contributed by atoms with Gasteiger partial charge >= 0.3 is 0 Å². The number of piperidine rings is 1. The molecule has 1 aromatic heterocycles. The van der Waals surface area contributed by atoms with Crippen LogP contribution in [0.2, 0.25) is 0 Å². The van der Waals surface area contributed by atoms with Gasteiger partial charge < -0.3 is 20.8 Å². The summed E-state index contributed by atoms with van der Waals surface area (Å²) in [6, 6.07) is 14.0. The summed E-state index contributed by atoms with van der Waals surface area (Å²) in [7, 11) is 0. The van der Waals surface area contributed by atoms with Crippen LogP contribution in [0.3, 0.4) is 0 Å². The maximum atomic E-state index is 13.7. The van der Waals surface area contributed by atoms with Crippen LogP contribution >= 0.6 is 11.8 Å². The van der Waals surface area contributed by atoms with Gasteiger partial charge in [-0.1, -0.05) is 23.9 Å². The van der Waals surface area contributed by atoms with E-state index in [-0.39, 0.29) is 24.0 Å². The number of thioether (sulfide) groups is 1. The fourth-order valence-corrected chi connectivity index (χ4v) is 4.12. The number of hydrogen-bond donors (Lipinski definition) is 2.